The van der Waals surface area contributed by atoms with Crippen LogP contribution in [0.1, 0.15) is 105 Å². The number of aliphatic hydroxyl groups is 1. The molecule has 0 aromatic heterocycles. The SMILES string of the molecule is C=CCN(C[C@@H]1C[C@H](c2ccc(CO)cc2)O[C@H](c2ccc(-c3cccc(CNC(=O)CCCCCCC(=O)Nc4ccccc4N)c3)cc2)O1)C1CCCC1. The minimum Gasteiger partial charge on any atom is -0.397 e. The molecule has 9 heteroatoms. The Bertz CT molecular complexity index is 1860. The molecule has 5 N–H and O–H groups in total. The fraction of sp³-hybridized carbons (Fsp3) is 0.404. The Kier molecular flexibility index (Phi) is 15.3. The molecule has 1 saturated heterocycles. The Morgan fingerprint density at radius 2 is 1.52 bits per heavy atom. The molecule has 6 rings (SSSR count). The number of aliphatic hydroxyl groups excluding tert-OH is 1. The van der Waals surface area contributed by atoms with Gasteiger partial charge in [-0.15, -0.1) is 6.58 Å². The van der Waals surface area contributed by atoms with Gasteiger partial charge in [0.15, 0.2) is 6.29 Å². The second-order valence-corrected chi connectivity index (χ2v) is 15.2. The van der Waals surface area contributed by atoms with Gasteiger partial charge in [0.25, 0.3) is 0 Å². The molecule has 1 heterocycles. The van der Waals surface area contributed by atoms with Gasteiger partial charge in [0.2, 0.25) is 11.8 Å². The van der Waals surface area contributed by atoms with Crippen molar-refractivity contribution < 1.29 is 24.2 Å². The van der Waals surface area contributed by atoms with Gasteiger partial charge >= 0.3 is 0 Å². The number of benzene rings is 4. The Hall–Kier alpha value is -4.80. The number of nitrogens with two attached hydrogens (primary N) is 1. The molecule has 0 spiro atoms. The van der Waals surface area contributed by atoms with Gasteiger partial charge in [0.1, 0.15) is 0 Å². The number of para-hydroxylation sites is 2. The first-order valence-electron chi connectivity index (χ1n) is 20.3. The summed E-state index contributed by atoms with van der Waals surface area (Å²) in [6.07, 6.45) is 11.3. The van der Waals surface area contributed by atoms with Crippen LogP contribution in [0.4, 0.5) is 11.4 Å². The summed E-state index contributed by atoms with van der Waals surface area (Å²) in [5, 5.41) is 15.5. The number of rotatable bonds is 19. The Balaban J connectivity index is 0.994. The fourth-order valence-corrected chi connectivity index (χ4v) is 7.83. The summed E-state index contributed by atoms with van der Waals surface area (Å²) in [6.45, 7) is 6.19. The molecule has 2 aliphatic rings. The zero-order valence-electron chi connectivity index (χ0n) is 32.5. The largest absolute Gasteiger partial charge is 0.397 e. The summed E-state index contributed by atoms with van der Waals surface area (Å²) in [7, 11) is 0. The molecule has 296 valence electrons. The van der Waals surface area contributed by atoms with Crippen molar-refractivity contribution in [2.75, 3.05) is 24.1 Å². The molecule has 4 aromatic carbocycles. The van der Waals surface area contributed by atoms with Crippen LogP contribution >= 0.6 is 0 Å². The molecule has 0 unspecified atom stereocenters. The molecule has 56 heavy (non-hydrogen) atoms. The van der Waals surface area contributed by atoms with E-state index < -0.39 is 6.29 Å². The number of nitrogens with zero attached hydrogens (tertiary/aromatic N) is 1. The van der Waals surface area contributed by atoms with Crippen molar-refractivity contribution in [3.05, 3.63) is 132 Å². The summed E-state index contributed by atoms with van der Waals surface area (Å²) < 4.78 is 13.4. The first-order valence-corrected chi connectivity index (χ1v) is 20.3. The van der Waals surface area contributed by atoms with E-state index in [2.05, 4.69) is 70.6 Å². The first kappa shape index (κ1) is 40.9. The number of carbonyl (C=O) groups excluding carboxylic acids is 2. The van der Waals surface area contributed by atoms with E-state index in [4.69, 9.17) is 15.2 Å². The molecular formula is C47H58N4O5. The number of nitrogen functional groups attached to an aromatic ring is 1. The molecule has 2 amide bonds. The van der Waals surface area contributed by atoms with Crippen LogP contribution in [-0.4, -0.2) is 47.1 Å². The van der Waals surface area contributed by atoms with Crippen molar-refractivity contribution >= 4 is 23.2 Å². The summed E-state index contributed by atoms with van der Waals surface area (Å²) in [6, 6.07) is 32.5. The molecule has 1 saturated carbocycles. The summed E-state index contributed by atoms with van der Waals surface area (Å²) >= 11 is 0. The third-order valence-corrected chi connectivity index (χ3v) is 11.0. The van der Waals surface area contributed by atoms with Gasteiger partial charge < -0.3 is 30.9 Å². The van der Waals surface area contributed by atoms with E-state index in [0.29, 0.717) is 36.8 Å². The lowest BCUT2D eigenvalue weighted by molar-refractivity contribution is -0.253. The van der Waals surface area contributed by atoms with Gasteiger partial charge in [-0.25, -0.2) is 0 Å². The molecule has 1 aliphatic heterocycles. The summed E-state index contributed by atoms with van der Waals surface area (Å²) in [5.74, 6) is -0.0159. The second kappa shape index (κ2) is 20.9. The highest BCUT2D eigenvalue weighted by Gasteiger charge is 2.34. The number of nitrogens with one attached hydrogen (secondary N) is 2. The number of carbonyl (C=O) groups is 2. The fourth-order valence-electron chi connectivity index (χ4n) is 7.83. The Morgan fingerprint density at radius 1 is 0.804 bits per heavy atom. The minimum absolute atomic E-state index is 0.0116. The van der Waals surface area contributed by atoms with E-state index in [-0.39, 0.29) is 30.6 Å². The summed E-state index contributed by atoms with van der Waals surface area (Å²) in [4.78, 5) is 27.4. The van der Waals surface area contributed by atoms with Crippen LogP contribution in [0.25, 0.3) is 11.1 Å². The van der Waals surface area contributed by atoms with Gasteiger partial charge in [-0.2, -0.15) is 0 Å². The maximum absolute atomic E-state index is 12.6. The van der Waals surface area contributed by atoms with Gasteiger partial charge in [-0.3, -0.25) is 14.5 Å². The normalized spacial score (nSPS) is 18.5. The van der Waals surface area contributed by atoms with Crippen molar-refractivity contribution in [1.82, 2.24) is 10.2 Å². The molecule has 0 radical (unpaired) electrons. The molecule has 3 atom stereocenters. The highest BCUT2D eigenvalue weighted by Crippen LogP contribution is 2.39. The molecule has 9 nitrogen and oxygen atoms in total. The third-order valence-electron chi connectivity index (χ3n) is 11.0. The third kappa shape index (κ3) is 11.9. The van der Waals surface area contributed by atoms with Crippen LogP contribution < -0.4 is 16.4 Å². The Labute approximate surface area is 332 Å². The van der Waals surface area contributed by atoms with Crippen molar-refractivity contribution in [2.24, 2.45) is 0 Å². The van der Waals surface area contributed by atoms with Crippen molar-refractivity contribution in [1.29, 1.82) is 0 Å². The lowest BCUT2D eigenvalue weighted by Gasteiger charge is -2.39. The maximum atomic E-state index is 12.6. The van der Waals surface area contributed by atoms with Crippen LogP contribution in [-0.2, 0) is 32.2 Å². The van der Waals surface area contributed by atoms with E-state index in [0.717, 1.165) is 78.6 Å². The van der Waals surface area contributed by atoms with E-state index in [1.807, 2.05) is 42.5 Å². The minimum atomic E-state index is -0.514. The number of ether oxygens (including phenoxy) is 2. The number of unbranched alkanes of at least 4 members (excludes halogenated alkanes) is 3. The van der Waals surface area contributed by atoms with Gasteiger partial charge in [0, 0.05) is 50.5 Å². The second-order valence-electron chi connectivity index (χ2n) is 15.2. The average molecular weight is 759 g/mol. The molecule has 2 fully saturated rings. The number of anilines is 2. The number of hydrogen-bond acceptors (Lipinski definition) is 7. The van der Waals surface area contributed by atoms with Gasteiger partial charge in [0.05, 0.1) is 30.2 Å². The maximum Gasteiger partial charge on any atom is 0.224 e. The highest BCUT2D eigenvalue weighted by atomic mass is 16.7. The lowest BCUT2D eigenvalue weighted by Crippen LogP contribution is -2.43. The van der Waals surface area contributed by atoms with E-state index in [1.165, 1.54) is 25.7 Å². The van der Waals surface area contributed by atoms with E-state index >= 15 is 0 Å². The molecule has 4 aromatic rings. The Morgan fingerprint density at radius 3 is 2.23 bits per heavy atom. The van der Waals surface area contributed by atoms with Crippen molar-refractivity contribution in [3.8, 4) is 11.1 Å². The van der Waals surface area contributed by atoms with Crippen LogP contribution in [0.3, 0.4) is 0 Å². The van der Waals surface area contributed by atoms with Crippen molar-refractivity contribution in [2.45, 2.75) is 108 Å². The standard InChI is InChI=1S/C47H58N4O5/c1-2-28-51(40-14-7-8-15-40)32-41-30-44(37-22-20-34(33-52)21-23-37)56-47(55-41)38-26-24-36(25-27-38)39-13-11-12-35(29-39)31-49-45(53)18-5-3-4-6-19-46(54)50-43-17-10-9-16-42(43)48/h2,9-13,16-17,20-27,29,40-41,44,47,52H,1,3-8,14-15,18-19,28,30-33,48H2,(H,49,53)(H,50,54)/t41-,44+,47+/m0/s1. The number of hydrogen-bond donors (Lipinski definition) is 4. The molecule has 0 bridgehead atoms. The van der Waals surface area contributed by atoms with E-state index in [1.54, 1.807) is 12.1 Å². The van der Waals surface area contributed by atoms with Gasteiger partial charge in [-0.05, 0) is 71.7 Å². The van der Waals surface area contributed by atoms with E-state index in [9.17, 15) is 14.7 Å². The van der Waals surface area contributed by atoms with Gasteiger partial charge in [-0.1, -0.05) is 111 Å². The topological polar surface area (TPSA) is 126 Å². The molecule has 1 aliphatic carbocycles. The van der Waals surface area contributed by atoms with Crippen LogP contribution in [0.2, 0.25) is 0 Å². The average Bonchev–Trinajstić information content (AvgIpc) is 3.78. The number of amides is 2. The quantitative estimate of drug-likeness (QED) is 0.0427. The first-order chi connectivity index (χ1) is 27.4. The predicted octanol–water partition coefficient (Wildman–Crippen LogP) is 9.00. The van der Waals surface area contributed by atoms with Crippen LogP contribution in [0.15, 0.2) is 110 Å². The smallest absolute Gasteiger partial charge is 0.224 e. The van der Waals surface area contributed by atoms with Crippen LogP contribution in [0.5, 0.6) is 0 Å². The lowest BCUT2D eigenvalue weighted by atomic mass is 9.98. The molecular weight excluding hydrogens is 701 g/mol. The summed E-state index contributed by atoms with van der Waals surface area (Å²) in [5.41, 5.74) is 13.2. The van der Waals surface area contributed by atoms with Crippen molar-refractivity contribution in [3.63, 3.8) is 0 Å². The van der Waals surface area contributed by atoms with Crippen LogP contribution in [0, 0.1) is 0 Å². The monoisotopic (exact) mass is 758 g/mol. The predicted molar refractivity (Wildman–Crippen MR) is 223 cm³/mol. The zero-order chi connectivity index (χ0) is 39.1. The zero-order valence-corrected chi connectivity index (χ0v) is 32.5. The highest BCUT2D eigenvalue weighted by molar-refractivity contribution is 5.93.